The van der Waals surface area contributed by atoms with Crippen LogP contribution in [-0.4, -0.2) is 47.2 Å². The highest BCUT2D eigenvalue weighted by molar-refractivity contribution is 7.92. The number of aromatic nitrogens is 3. The van der Waals surface area contributed by atoms with E-state index >= 15 is 0 Å². The summed E-state index contributed by atoms with van der Waals surface area (Å²) in [7, 11) is -3.60. The van der Waals surface area contributed by atoms with E-state index in [-0.39, 0.29) is 13.1 Å². The van der Waals surface area contributed by atoms with Crippen LogP contribution >= 0.6 is 0 Å². The molecule has 0 bridgehead atoms. The second-order valence-corrected chi connectivity index (χ2v) is 9.64. The summed E-state index contributed by atoms with van der Waals surface area (Å²) in [6.07, 6.45) is 1.92. The predicted molar refractivity (Wildman–Crippen MR) is 124 cm³/mol. The van der Waals surface area contributed by atoms with Gasteiger partial charge < -0.3 is 9.67 Å². The lowest BCUT2D eigenvalue weighted by Gasteiger charge is -2.25. The van der Waals surface area contributed by atoms with Crippen molar-refractivity contribution in [3.8, 4) is 0 Å². The Labute approximate surface area is 179 Å². The Morgan fingerprint density at radius 3 is 2.32 bits per heavy atom. The number of hydrogen-bond acceptors (Lipinski definition) is 4. The molecule has 1 atom stereocenters. The highest BCUT2D eigenvalue weighted by Gasteiger charge is 2.23. The van der Waals surface area contributed by atoms with Gasteiger partial charge in [0, 0.05) is 27.2 Å². The number of nitrogens with one attached hydrogen (secondary N) is 1. The van der Waals surface area contributed by atoms with E-state index < -0.39 is 16.1 Å². The Hall–Kier alpha value is -3.36. The van der Waals surface area contributed by atoms with E-state index in [0.717, 1.165) is 39.0 Å². The van der Waals surface area contributed by atoms with Gasteiger partial charge in [0.05, 0.1) is 42.9 Å². The largest absolute Gasteiger partial charge is 0.389 e. The lowest BCUT2D eigenvalue weighted by atomic mass is 10.2. The number of rotatable bonds is 6. The average Bonchev–Trinajstić information content (AvgIpc) is 3.34. The molecule has 31 heavy (non-hydrogen) atoms. The second kappa shape index (κ2) is 7.40. The molecule has 0 aliphatic carbocycles. The van der Waals surface area contributed by atoms with Crippen molar-refractivity contribution in [2.75, 3.05) is 17.1 Å². The average molecular weight is 435 g/mol. The molecule has 0 aliphatic rings. The molecular formula is C23H22N4O3S. The molecule has 1 unspecified atom stereocenters. The molecule has 158 valence electrons. The molecule has 0 fully saturated rings. The van der Waals surface area contributed by atoms with E-state index in [9.17, 15) is 13.5 Å². The van der Waals surface area contributed by atoms with Crippen LogP contribution in [0.15, 0.2) is 72.9 Å². The Balaban J connectivity index is 1.50. The zero-order chi connectivity index (χ0) is 21.6. The number of benzene rings is 3. The van der Waals surface area contributed by atoms with Crippen molar-refractivity contribution < 1.29 is 13.5 Å². The van der Waals surface area contributed by atoms with E-state index in [1.807, 2.05) is 47.0 Å². The molecule has 7 nitrogen and oxygen atoms in total. The van der Waals surface area contributed by atoms with Gasteiger partial charge in [0.1, 0.15) is 0 Å². The first-order valence-electron chi connectivity index (χ1n) is 9.97. The van der Waals surface area contributed by atoms with Gasteiger partial charge >= 0.3 is 0 Å². The van der Waals surface area contributed by atoms with Crippen LogP contribution in [0.5, 0.6) is 0 Å². The zero-order valence-corrected chi connectivity index (χ0v) is 17.7. The van der Waals surface area contributed by atoms with Crippen molar-refractivity contribution in [2.24, 2.45) is 0 Å². The molecule has 3 aromatic carbocycles. The van der Waals surface area contributed by atoms with E-state index in [2.05, 4.69) is 22.3 Å². The number of fused-ring (bicyclic) bond motifs is 4. The molecular weight excluding hydrogens is 412 g/mol. The summed E-state index contributed by atoms with van der Waals surface area (Å²) in [5.41, 5.74) is 3.24. The van der Waals surface area contributed by atoms with Crippen LogP contribution in [0.2, 0.25) is 0 Å². The standard InChI is InChI=1S/C23H22N4O3S/c1-31(29,30)27(17-11-10-16-13-24-25-21(16)12-17)15-18(28)14-26-22-8-4-2-6-19(22)20-7-3-5-9-23(20)26/h2-13,18,28H,14-15H2,1H3,(H,24,25). The number of H-pyrrole nitrogens is 1. The topological polar surface area (TPSA) is 91.2 Å². The third-order valence-corrected chi connectivity index (χ3v) is 6.72. The fraction of sp³-hybridized carbons (Fsp3) is 0.174. The fourth-order valence-corrected chi connectivity index (χ4v) is 5.11. The summed E-state index contributed by atoms with van der Waals surface area (Å²) in [5.74, 6) is 0. The summed E-state index contributed by atoms with van der Waals surface area (Å²) in [6.45, 7) is 0.214. The minimum Gasteiger partial charge on any atom is -0.389 e. The third kappa shape index (κ3) is 3.54. The van der Waals surface area contributed by atoms with Crippen molar-refractivity contribution in [3.05, 3.63) is 72.9 Å². The molecule has 2 N–H and O–H groups in total. The SMILES string of the molecule is CS(=O)(=O)N(CC(O)Cn1c2ccccc2c2ccccc21)c1ccc2cn[nH]c2c1. The first kappa shape index (κ1) is 19.6. The number of aromatic amines is 1. The van der Waals surface area contributed by atoms with Gasteiger partial charge in [-0.1, -0.05) is 36.4 Å². The van der Waals surface area contributed by atoms with Crippen LogP contribution < -0.4 is 4.31 Å². The number of aliphatic hydroxyl groups excluding tert-OH is 1. The maximum absolute atomic E-state index is 12.6. The number of aliphatic hydroxyl groups is 1. The van der Waals surface area contributed by atoms with E-state index in [1.165, 1.54) is 4.31 Å². The Kier molecular flexibility index (Phi) is 4.68. The van der Waals surface area contributed by atoms with Gasteiger partial charge in [-0.05, 0) is 30.3 Å². The normalized spacial score (nSPS) is 13.2. The zero-order valence-electron chi connectivity index (χ0n) is 16.9. The lowest BCUT2D eigenvalue weighted by molar-refractivity contribution is 0.166. The molecule has 8 heteroatoms. The maximum Gasteiger partial charge on any atom is 0.232 e. The van der Waals surface area contributed by atoms with Gasteiger partial charge in [0.15, 0.2) is 0 Å². The van der Waals surface area contributed by atoms with Gasteiger partial charge in [0.25, 0.3) is 0 Å². The van der Waals surface area contributed by atoms with E-state index in [0.29, 0.717) is 5.69 Å². The van der Waals surface area contributed by atoms with Gasteiger partial charge in [-0.15, -0.1) is 0 Å². The minimum atomic E-state index is -3.60. The predicted octanol–water partition coefficient (Wildman–Crippen LogP) is 3.50. The van der Waals surface area contributed by atoms with Crippen LogP contribution in [0.3, 0.4) is 0 Å². The lowest BCUT2D eigenvalue weighted by Crippen LogP contribution is -2.38. The molecule has 2 aromatic heterocycles. The van der Waals surface area contributed by atoms with Crippen LogP contribution in [0.4, 0.5) is 5.69 Å². The third-order valence-electron chi connectivity index (χ3n) is 5.56. The summed E-state index contributed by atoms with van der Waals surface area (Å²) in [4.78, 5) is 0. The van der Waals surface area contributed by atoms with Crippen molar-refractivity contribution >= 4 is 48.4 Å². The van der Waals surface area contributed by atoms with Crippen molar-refractivity contribution in [1.82, 2.24) is 14.8 Å². The number of nitrogens with zero attached hydrogens (tertiary/aromatic N) is 3. The van der Waals surface area contributed by atoms with Crippen molar-refractivity contribution in [1.29, 1.82) is 0 Å². The monoisotopic (exact) mass is 434 g/mol. The number of para-hydroxylation sites is 2. The Morgan fingerprint density at radius 1 is 1.03 bits per heavy atom. The quantitative estimate of drug-likeness (QED) is 0.428. The highest BCUT2D eigenvalue weighted by Crippen LogP contribution is 2.29. The maximum atomic E-state index is 12.6. The van der Waals surface area contributed by atoms with Crippen LogP contribution in [-0.2, 0) is 16.6 Å². The summed E-state index contributed by atoms with van der Waals surface area (Å²) < 4.78 is 28.4. The molecule has 2 heterocycles. The molecule has 5 rings (SSSR count). The Morgan fingerprint density at radius 2 is 1.68 bits per heavy atom. The van der Waals surface area contributed by atoms with E-state index in [1.54, 1.807) is 18.3 Å². The Bertz CT molecular complexity index is 1450. The molecule has 0 radical (unpaired) electrons. The van der Waals surface area contributed by atoms with E-state index in [4.69, 9.17) is 0 Å². The smallest absolute Gasteiger partial charge is 0.232 e. The van der Waals surface area contributed by atoms with Gasteiger partial charge in [-0.3, -0.25) is 9.40 Å². The molecule has 0 aliphatic heterocycles. The number of sulfonamides is 1. The molecule has 0 saturated heterocycles. The van der Waals surface area contributed by atoms with Gasteiger partial charge in [-0.2, -0.15) is 5.10 Å². The van der Waals surface area contributed by atoms with Crippen molar-refractivity contribution in [3.63, 3.8) is 0 Å². The molecule has 0 spiro atoms. The summed E-state index contributed by atoms with van der Waals surface area (Å²) in [5, 5.41) is 20.9. The first-order valence-corrected chi connectivity index (χ1v) is 11.8. The van der Waals surface area contributed by atoms with Gasteiger partial charge in [-0.25, -0.2) is 8.42 Å². The van der Waals surface area contributed by atoms with Gasteiger partial charge in [0.2, 0.25) is 10.0 Å². The summed E-state index contributed by atoms with van der Waals surface area (Å²) in [6, 6.07) is 21.3. The number of hydrogen-bond donors (Lipinski definition) is 2. The minimum absolute atomic E-state index is 0.0562. The van der Waals surface area contributed by atoms with Crippen LogP contribution in [0, 0.1) is 0 Å². The molecule has 5 aromatic rings. The highest BCUT2D eigenvalue weighted by atomic mass is 32.2. The van der Waals surface area contributed by atoms with Crippen LogP contribution in [0.1, 0.15) is 0 Å². The fourth-order valence-electron chi connectivity index (χ4n) is 4.17. The molecule has 0 saturated carbocycles. The first-order chi connectivity index (χ1) is 14.9. The molecule has 0 amide bonds. The second-order valence-electron chi connectivity index (χ2n) is 7.73. The summed E-state index contributed by atoms with van der Waals surface area (Å²) >= 11 is 0. The van der Waals surface area contributed by atoms with Crippen molar-refractivity contribution in [2.45, 2.75) is 12.6 Å². The van der Waals surface area contributed by atoms with Crippen LogP contribution in [0.25, 0.3) is 32.7 Å². The number of anilines is 1.